The highest BCUT2D eigenvalue weighted by molar-refractivity contribution is 5.81. The summed E-state index contributed by atoms with van der Waals surface area (Å²) in [5.41, 5.74) is 10.3. The first-order valence-electron chi connectivity index (χ1n) is 7.27. The van der Waals surface area contributed by atoms with Gasteiger partial charge in [0.2, 0.25) is 0 Å². The molecule has 0 saturated carbocycles. The van der Waals surface area contributed by atoms with Crippen molar-refractivity contribution in [1.29, 1.82) is 0 Å². The number of anilines is 1. The molecule has 3 aromatic rings. The van der Waals surface area contributed by atoms with Crippen LogP contribution in [0.1, 0.15) is 0 Å². The SMILES string of the molecule is COc1ccccc1-c1cnc(-c2ccccc2OC)c(N)c1. The predicted octanol–water partition coefficient (Wildman–Crippen LogP) is 4.02. The molecule has 23 heavy (non-hydrogen) atoms. The summed E-state index contributed by atoms with van der Waals surface area (Å²) in [5.74, 6) is 1.54. The average Bonchev–Trinajstić information content (AvgIpc) is 2.61. The van der Waals surface area contributed by atoms with Crippen molar-refractivity contribution in [1.82, 2.24) is 4.98 Å². The number of methoxy groups -OCH3 is 2. The Kier molecular flexibility index (Phi) is 4.15. The molecule has 3 rings (SSSR count). The van der Waals surface area contributed by atoms with Crippen LogP contribution < -0.4 is 15.2 Å². The van der Waals surface area contributed by atoms with E-state index in [1.165, 1.54) is 0 Å². The minimum Gasteiger partial charge on any atom is -0.496 e. The van der Waals surface area contributed by atoms with Crippen molar-refractivity contribution in [3.8, 4) is 33.9 Å². The fourth-order valence-corrected chi connectivity index (χ4v) is 2.58. The first-order valence-corrected chi connectivity index (χ1v) is 7.27. The molecule has 0 fully saturated rings. The standard InChI is InChI=1S/C19H18N2O2/c1-22-17-9-5-3-7-14(17)13-11-16(20)19(21-12-13)15-8-4-6-10-18(15)23-2/h3-12H,20H2,1-2H3. The second-order valence-electron chi connectivity index (χ2n) is 5.06. The molecule has 4 nitrogen and oxygen atoms in total. The number of nitrogens with two attached hydrogens (primary N) is 1. The summed E-state index contributed by atoms with van der Waals surface area (Å²) >= 11 is 0. The van der Waals surface area contributed by atoms with Crippen molar-refractivity contribution < 1.29 is 9.47 Å². The number of aromatic nitrogens is 1. The normalized spacial score (nSPS) is 10.3. The van der Waals surface area contributed by atoms with Crippen molar-refractivity contribution in [3.05, 3.63) is 60.8 Å². The van der Waals surface area contributed by atoms with E-state index in [0.717, 1.165) is 28.2 Å². The zero-order chi connectivity index (χ0) is 16.2. The Labute approximate surface area is 135 Å². The number of hydrogen-bond donors (Lipinski definition) is 1. The highest BCUT2D eigenvalue weighted by Gasteiger charge is 2.12. The van der Waals surface area contributed by atoms with E-state index in [-0.39, 0.29) is 0 Å². The van der Waals surface area contributed by atoms with Crippen LogP contribution in [0.4, 0.5) is 5.69 Å². The number of pyridine rings is 1. The quantitative estimate of drug-likeness (QED) is 0.791. The maximum atomic E-state index is 6.25. The molecular formula is C19H18N2O2. The van der Waals surface area contributed by atoms with Crippen molar-refractivity contribution >= 4 is 5.69 Å². The minimum atomic E-state index is 0.595. The van der Waals surface area contributed by atoms with E-state index in [4.69, 9.17) is 15.2 Å². The molecule has 0 aliphatic carbocycles. The second-order valence-corrected chi connectivity index (χ2v) is 5.06. The summed E-state index contributed by atoms with van der Waals surface area (Å²) in [4.78, 5) is 4.55. The van der Waals surface area contributed by atoms with Crippen LogP contribution >= 0.6 is 0 Å². The van der Waals surface area contributed by atoms with Gasteiger partial charge in [0.05, 0.1) is 25.6 Å². The second kappa shape index (κ2) is 6.40. The lowest BCUT2D eigenvalue weighted by atomic mass is 10.0. The van der Waals surface area contributed by atoms with Gasteiger partial charge < -0.3 is 15.2 Å². The molecule has 0 spiro atoms. The third-order valence-corrected chi connectivity index (χ3v) is 3.70. The van der Waals surface area contributed by atoms with Crippen LogP contribution in [0.3, 0.4) is 0 Å². The Bertz CT molecular complexity index is 831. The molecular weight excluding hydrogens is 288 g/mol. The fraction of sp³-hybridized carbons (Fsp3) is 0.105. The van der Waals surface area contributed by atoms with Gasteiger partial charge in [-0.15, -0.1) is 0 Å². The first kappa shape index (κ1) is 14.9. The molecule has 0 unspecified atom stereocenters. The zero-order valence-corrected chi connectivity index (χ0v) is 13.1. The van der Waals surface area contributed by atoms with E-state index in [9.17, 15) is 0 Å². The highest BCUT2D eigenvalue weighted by atomic mass is 16.5. The van der Waals surface area contributed by atoms with Gasteiger partial charge in [-0.3, -0.25) is 4.98 Å². The Balaban J connectivity index is 2.08. The lowest BCUT2D eigenvalue weighted by Crippen LogP contribution is -1.97. The van der Waals surface area contributed by atoms with Crippen molar-refractivity contribution in [2.75, 3.05) is 20.0 Å². The van der Waals surface area contributed by atoms with Gasteiger partial charge in [-0.2, -0.15) is 0 Å². The third kappa shape index (κ3) is 2.83. The molecule has 0 radical (unpaired) electrons. The number of hydrogen-bond acceptors (Lipinski definition) is 4. The Morgan fingerprint density at radius 3 is 2.00 bits per heavy atom. The maximum Gasteiger partial charge on any atom is 0.128 e. The van der Waals surface area contributed by atoms with E-state index in [1.807, 2.05) is 54.6 Å². The van der Waals surface area contributed by atoms with Crippen LogP contribution in [-0.2, 0) is 0 Å². The number of rotatable bonds is 4. The van der Waals surface area contributed by atoms with Crippen LogP contribution in [0.2, 0.25) is 0 Å². The molecule has 0 aliphatic rings. The Morgan fingerprint density at radius 2 is 1.39 bits per heavy atom. The van der Waals surface area contributed by atoms with Gasteiger partial charge in [0.25, 0.3) is 0 Å². The molecule has 0 amide bonds. The van der Waals surface area contributed by atoms with Crippen molar-refractivity contribution in [2.45, 2.75) is 0 Å². The van der Waals surface area contributed by atoms with E-state index in [0.29, 0.717) is 11.4 Å². The maximum absolute atomic E-state index is 6.25. The summed E-state index contributed by atoms with van der Waals surface area (Å²) in [5, 5.41) is 0. The van der Waals surface area contributed by atoms with Crippen molar-refractivity contribution in [2.24, 2.45) is 0 Å². The first-order chi connectivity index (χ1) is 11.2. The Hall–Kier alpha value is -3.01. The summed E-state index contributed by atoms with van der Waals surface area (Å²) < 4.78 is 10.8. The van der Waals surface area contributed by atoms with E-state index < -0.39 is 0 Å². The van der Waals surface area contributed by atoms with Gasteiger partial charge in [0.1, 0.15) is 11.5 Å². The molecule has 1 heterocycles. The van der Waals surface area contributed by atoms with E-state index in [1.54, 1.807) is 20.4 Å². The molecule has 1 aromatic heterocycles. The van der Waals surface area contributed by atoms with Gasteiger partial charge in [-0.05, 0) is 24.3 Å². The smallest absolute Gasteiger partial charge is 0.128 e. The zero-order valence-electron chi connectivity index (χ0n) is 13.1. The van der Waals surface area contributed by atoms with Crippen LogP contribution in [0.25, 0.3) is 22.4 Å². The van der Waals surface area contributed by atoms with Crippen molar-refractivity contribution in [3.63, 3.8) is 0 Å². The van der Waals surface area contributed by atoms with Gasteiger partial charge in [-0.25, -0.2) is 0 Å². The minimum absolute atomic E-state index is 0.595. The van der Waals surface area contributed by atoms with Crippen LogP contribution in [0.15, 0.2) is 60.8 Å². The fourth-order valence-electron chi connectivity index (χ4n) is 2.58. The largest absolute Gasteiger partial charge is 0.496 e. The summed E-state index contributed by atoms with van der Waals surface area (Å²) in [6.45, 7) is 0. The molecule has 0 bridgehead atoms. The number of nitrogen functional groups attached to an aromatic ring is 1. The van der Waals surface area contributed by atoms with E-state index in [2.05, 4.69) is 4.98 Å². The summed E-state index contributed by atoms with van der Waals surface area (Å²) in [7, 11) is 3.29. The van der Waals surface area contributed by atoms with Crippen LogP contribution in [0, 0.1) is 0 Å². The van der Waals surface area contributed by atoms with Gasteiger partial charge >= 0.3 is 0 Å². The number of ether oxygens (including phenoxy) is 2. The molecule has 0 saturated heterocycles. The molecule has 0 aliphatic heterocycles. The monoisotopic (exact) mass is 306 g/mol. The summed E-state index contributed by atoms with van der Waals surface area (Å²) in [6, 6.07) is 17.4. The lowest BCUT2D eigenvalue weighted by molar-refractivity contribution is 0.416. The van der Waals surface area contributed by atoms with Crippen LogP contribution in [0.5, 0.6) is 11.5 Å². The Morgan fingerprint density at radius 1 is 0.826 bits per heavy atom. The summed E-state index contributed by atoms with van der Waals surface area (Å²) in [6.07, 6.45) is 1.80. The van der Waals surface area contributed by atoms with Gasteiger partial charge in [0.15, 0.2) is 0 Å². The van der Waals surface area contributed by atoms with Gasteiger partial charge in [-0.1, -0.05) is 30.3 Å². The molecule has 116 valence electrons. The number of nitrogens with zero attached hydrogens (tertiary/aromatic N) is 1. The van der Waals surface area contributed by atoms with Crippen LogP contribution in [-0.4, -0.2) is 19.2 Å². The number of para-hydroxylation sites is 2. The number of benzene rings is 2. The van der Waals surface area contributed by atoms with E-state index >= 15 is 0 Å². The molecule has 4 heteroatoms. The van der Waals surface area contributed by atoms with Gasteiger partial charge in [0, 0.05) is 22.9 Å². The topological polar surface area (TPSA) is 57.4 Å². The third-order valence-electron chi connectivity index (χ3n) is 3.70. The molecule has 0 atom stereocenters. The molecule has 2 aromatic carbocycles. The highest BCUT2D eigenvalue weighted by Crippen LogP contribution is 2.36. The predicted molar refractivity (Wildman–Crippen MR) is 92.6 cm³/mol. The lowest BCUT2D eigenvalue weighted by Gasteiger charge is -2.12. The average molecular weight is 306 g/mol. The molecule has 2 N–H and O–H groups in total.